The number of rotatable bonds is 3. The van der Waals surface area contributed by atoms with E-state index in [2.05, 4.69) is 24.1 Å². The molecule has 2 heteroatoms. The topological polar surface area (TPSA) is 15.3 Å². The van der Waals surface area contributed by atoms with Crippen LogP contribution in [0.15, 0.2) is 0 Å². The molecular formula is C19H34N2. The maximum absolute atomic E-state index is 3.93. The zero-order valence-corrected chi connectivity index (χ0v) is 14.2. The molecule has 1 spiro atoms. The first kappa shape index (κ1) is 14.5. The molecule has 3 saturated carbocycles. The van der Waals surface area contributed by atoms with Crippen molar-refractivity contribution in [2.24, 2.45) is 17.8 Å². The highest BCUT2D eigenvalue weighted by atomic mass is 15.3. The Kier molecular flexibility index (Phi) is 3.61. The van der Waals surface area contributed by atoms with Crippen LogP contribution < -0.4 is 5.32 Å². The van der Waals surface area contributed by atoms with Crippen molar-refractivity contribution in [3.05, 3.63) is 0 Å². The monoisotopic (exact) mass is 290 g/mol. The first-order valence-corrected chi connectivity index (χ1v) is 9.63. The molecule has 2 bridgehead atoms. The van der Waals surface area contributed by atoms with E-state index in [0.29, 0.717) is 11.1 Å². The molecule has 3 aliphatic carbocycles. The summed E-state index contributed by atoms with van der Waals surface area (Å²) in [6.07, 6.45) is 13.3. The van der Waals surface area contributed by atoms with Crippen LogP contribution in [0.5, 0.6) is 0 Å². The van der Waals surface area contributed by atoms with Gasteiger partial charge >= 0.3 is 0 Å². The third-order valence-electron chi connectivity index (χ3n) is 7.71. The Morgan fingerprint density at radius 3 is 2.57 bits per heavy atom. The largest absolute Gasteiger partial charge is 0.308 e. The summed E-state index contributed by atoms with van der Waals surface area (Å²) in [6.45, 7) is 8.76. The molecule has 4 atom stereocenters. The summed E-state index contributed by atoms with van der Waals surface area (Å²) in [6, 6.07) is 0. The first-order chi connectivity index (χ1) is 10.1. The highest BCUT2D eigenvalue weighted by molar-refractivity contribution is 5.06. The van der Waals surface area contributed by atoms with Crippen LogP contribution in [-0.2, 0) is 0 Å². The standard InChI is InChI=1S/C19H34N2/c1-3-18(2)14-21(19(13-20-18)8-4-5-9-19)12-17-11-15-6-7-16(17)10-15/h15-17,20H,3-14H2,1-2H3. The molecule has 4 aliphatic rings. The minimum Gasteiger partial charge on any atom is -0.308 e. The van der Waals surface area contributed by atoms with Crippen LogP contribution in [0.25, 0.3) is 0 Å². The zero-order valence-electron chi connectivity index (χ0n) is 14.2. The van der Waals surface area contributed by atoms with Crippen LogP contribution in [0.4, 0.5) is 0 Å². The Balaban J connectivity index is 1.50. The van der Waals surface area contributed by atoms with Gasteiger partial charge in [0.2, 0.25) is 0 Å². The summed E-state index contributed by atoms with van der Waals surface area (Å²) in [5, 5.41) is 3.93. The lowest BCUT2D eigenvalue weighted by molar-refractivity contribution is -0.00539. The van der Waals surface area contributed by atoms with Crippen LogP contribution >= 0.6 is 0 Å². The molecule has 1 N–H and O–H groups in total. The predicted octanol–water partition coefficient (Wildman–Crippen LogP) is 3.81. The fourth-order valence-electron chi connectivity index (χ4n) is 6.04. The molecule has 4 unspecified atom stereocenters. The Labute approximate surface area is 131 Å². The highest BCUT2D eigenvalue weighted by Gasteiger charge is 2.49. The molecule has 120 valence electrons. The van der Waals surface area contributed by atoms with E-state index in [4.69, 9.17) is 0 Å². The second kappa shape index (κ2) is 5.23. The Bertz CT molecular complexity index is 387. The SMILES string of the molecule is CCC1(C)CN(CC2CC3CCC2C3)C2(CCCC2)CN1. The van der Waals surface area contributed by atoms with Gasteiger partial charge in [0.05, 0.1) is 0 Å². The Hall–Kier alpha value is -0.0800. The molecule has 0 amide bonds. The maximum Gasteiger partial charge on any atom is 0.0335 e. The Morgan fingerprint density at radius 1 is 1.14 bits per heavy atom. The van der Waals surface area contributed by atoms with Crippen LogP contribution in [0, 0.1) is 17.8 Å². The summed E-state index contributed by atoms with van der Waals surface area (Å²) in [5.41, 5.74) is 0.877. The lowest BCUT2D eigenvalue weighted by Gasteiger charge is -2.53. The summed E-state index contributed by atoms with van der Waals surface area (Å²) in [4.78, 5) is 2.98. The number of nitrogens with zero attached hydrogens (tertiary/aromatic N) is 1. The lowest BCUT2D eigenvalue weighted by Crippen LogP contribution is -2.68. The van der Waals surface area contributed by atoms with Gasteiger partial charge in [0.1, 0.15) is 0 Å². The van der Waals surface area contributed by atoms with Crippen molar-refractivity contribution in [2.75, 3.05) is 19.6 Å². The van der Waals surface area contributed by atoms with Gasteiger partial charge in [0.25, 0.3) is 0 Å². The summed E-state index contributed by atoms with van der Waals surface area (Å²) >= 11 is 0. The van der Waals surface area contributed by atoms with Crippen molar-refractivity contribution in [1.82, 2.24) is 10.2 Å². The molecule has 0 aromatic carbocycles. The van der Waals surface area contributed by atoms with Crippen molar-refractivity contribution >= 4 is 0 Å². The van der Waals surface area contributed by atoms with Crippen LogP contribution in [0.2, 0.25) is 0 Å². The van der Waals surface area contributed by atoms with Crippen LogP contribution in [0.3, 0.4) is 0 Å². The smallest absolute Gasteiger partial charge is 0.0335 e. The molecular weight excluding hydrogens is 256 g/mol. The van der Waals surface area contributed by atoms with Crippen molar-refractivity contribution in [3.63, 3.8) is 0 Å². The maximum atomic E-state index is 3.93. The van der Waals surface area contributed by atoms with Gasteiger partial charge in [-0.15, -0.1) is 0 Å². The fraction of sp³-hybridized carbons (Fsp3) is 1.00. The van der Waals surface area contributed by atoms with Crippen molar-refractivity contribution < 1.29 is 0 Å². The first-order valence-electron chi connectivity index (χ1n) is 9.63. The van der Waals surface area contributed by atoms with E-state index in [9.17, 15) is 0 Å². The van der Waals surface area contributed by atoms with Crippen LogP contribution in [-0.4, -0.2) is 35.6 Å². The van der Waals surface area contributed by atoms with Crippen LogP contribution in [0.1, 0.15) is 71.6 Å². The number of fused-ring (bicyclic) bond motifs is 2. The van der Waals surface area contributed by atoms with E-state index in [1.165, 1.54) is 51.7 Å². The zero-order chi connectivity index (χ0) is 14.5. The van der Waals surface area contributed by atoms with E-state index in [1.807, 2.05) is 0 Å². The molecule has 1 aliphatic heterocycles. The molecule has 4 rings (SSSR count). The second-order valence-electron chi connectivity index (χ2n) is 9.01. The number of piperazine rings is 1. The molecule has 1 heterocycles. The molecule has 21 heavy (non-hydrogen) atoms. The third kappa shape index (κ3) is 2.47. The van der Waals surface area contributed by atoms with Crippen molar-refractivity contribution in [1.29, 1.82) is 0 Å². The summed E-state index contributed by atoms with van der Waals surface area (Å²) in [5.74, 6) is 3.21. The highest BCUT2D eigenvalue weighted by Crippen LogP contribution is 2.50. The number of hydrogen-bond acceptors (Lipinski definition) is 2. The van der Waals surface area contributed by atoms with Gasteiger partial charge in [-0.25, -0.2) is 0 Å². The van der Waals surface area contributed by atoms with Gasteiger partial charge in [-0.2, -0.15) is 0 Å². The lowest BCUT2D eigenvalue weighted by atomic mass is 9.82. The number of hydrogen-bond donors (Lipinski definition) is 1. The second-order valence-corrected chi connectivity index (χ2v) is 9.01. The molecule has 0 aromatic rings. The van der Waals surface area contributed by atoms with E-state index in [-0.39, 0.29) is 0 Å². The quantitative estimate of drug-likeness (QED) is 0.850. The van der Waals surface area contributed by atoms with Gasteiger partial charge < -0.3 is 5.32 Å². The van der Waals surface area contributed by atoms with Gasteiger partial charge in [-0.05, 0) is 63.2 Å². The van der Waals surface area contributed by atoms with Crippen molar-refractivity contribution in [2.45, 2.75) is 82.7 Å². The average molecular weight is 290 g/mol. The molecule has 4 fully saturated rings. The number of nitrogens with one attached hydrogen (secondary N) is 1. The minimum atomic E-state index is 0.353. The summed E-state index contributed by atoms with van der Waals surface area (Å²) < 4.78 is 0. The normalized spacial score (nSPS) is 45.7. The molecule has 0 radical (unpaired) electrons. The van der Waals surface area contributed by atoms with E-state index < -0.39 is 0 Å². The van der Waals surface area contributed by atoms with E-state index in [0.717, 1.165) is 17.8 Å². The average Bonchev–Trinajstić information content (AvgIpc) is 3.21. The van der Waals surface area contributed by atoms with Gasteiger partial charge in [-0.1, -0.05) is 26.2 Å². The molecule has 1 saturated heterocycles. The predicted molar refractivity (Wildman–Crippen MR) is 88.4 cm³/mol. The Morgan fingerprint density at radius 2 is 1.95 bits per heavy atom. The van der Waals surface area contributed by atoms with Gasteiger partial charge in [-0.3, -0.25) is 4.90 Å². The minimum absolute atomic E-state index is 0.353. The third-order valence-corrected chi connectivity index (χ3v) is 7.71. The van der Waals surface area contributed by atoms with Crippen molar-refractivity contribution in [3.8, 4) is 0 Å². The van der Waals surface area contributed by atoms with E-state index >= 15 is 0 Å². The fourth-order valence-corrected chi connectivity index (χ4v) is 6.04. The van der Waals surface area contributed by atoms with Gasteiger partial charge in [0.15, 0.2) is 0 Å². The summed E-state index contributed by atoms with van der Waals surface area (Å²) in [7, 11) is 0. The molecule has 0 aromatic heterocycles. The van der Waals surface area contributed by atoms with E-state index in [1.54, 1.807) is 25.7 Å². The van der Waals surface area contributed by atoms with Gasteiger partial charge in [0, 0.05) is 30.7 Å². The molecule has 2 nitrogen and oxygen atoms in total.